The largest absolute Gasteiger partial charge is 0.310 e. The maximum atomic E-state index is 4.73. The van der Waals surface area contributed by atoms with E-state index in [4.69, 9.17) is 5.10 Å². The average Bonchev–Trinajstić information content (AvgIpc) is 3.39. The Balaban J connectivity index is 1.66. The number of rotatable bonds is 6. The molecule has 6 heteroatoms. The number of aromatic amines is 1. The summed E-state index contributed by atoms with van der Waals surface area (Å²) in [5.74, 6) is 0.317. The SMILES string of the molecule is Cc1cc(-c2n[nH]c(-c3ccc([C@@H](C)NCC(C)(C)C)cc3)c2C(C)C)cn2ncnc12. The molecule has 4 rings (SSSR count). The lowest BCUT2D eigenvalue weighted by Crippen LogP contribution is -2.29. The number of benzene rings is 1. The summed E-state index contributed by atoms with van der Waals surface area (Å²) < 4.78 is 1.82. The van der Waals surface area contributed by atoms with Gasteiger partial charge in [0.05, 0.1) is 11.4 Å². The highest BCUT2D eigenvalue weighted by Gasteiger charge is 2.20. The molecule has 0 aliphatic heterocycles. The lowest BCUT2D eigenvalue weighted by Gasteiger charge is -2.23. The summed E-state index contributed by atoms with van der Waals surface area (Å²) in [5, 5.41) is 16.0. The van der Waals surface area contributed by atoms with Gasteiger partial charge in [0.25, 0.3) is 0 Å². The topological polar surface area (TPSA) is 70.9 Å². The predicted octanol–water partition coefficient (Wildman–Crippen LogP) is 5.91. The molecule has 1 aromatic carbocycles. The van der Waals surface area contributed by atoms with E-state index >= 15 is 0 Å². The predicted molar refractivity (Wildman–Crippen MR) is 131 cm³/mol. The molecule has 0 radical (unpaired) electrons. The van der Waals surface area contributed by atoms with Gasteiger partial charge in [0.15, 0.2) is 5.65 Å². The monoisotopic (exact) mass is 430 g/mol. The Morgan fingerprint density at radius 1 is 1.06 bits per heavy atom. The summed E-state index contributed by atoms with van der Waals surface area (Å²) in [6.07, 6.45) is 3.59. The number of pyridine rings is 1. The second kappa shape index (κ2) is 8.51. The van der Waals surface area contributed by atoms with Crippen LogP contribution in [0.1, 0.15) is 70.2 Å². The van der Waals surface area contributed by atoms with Crippen molar-refractivity contribution in [1.82, 2.24) is 30.1 Å². The van der Waals surface area contributed by atoms with E-state index in [0.29, 0.717) is 12.0 Å². The maximum absolute atomic E-state index is 4.73. The van der Waals surface area contributed by atoms with Gasteiger partial charge in [0.2, 0.25) is 0 Å². The first kappa shape index (κ1) is 22.2. The third-order valence-electron chi connectivity index (χ3n) is 5.85. The molecular weight excluding hydrogens is 396 g/mol. The van der Waals surface area contributed by atoms with Gasteiger partial charge in [-0.05, 0) is 47.9 Å². The molecule has 1 atom stereocenters. The van der Waals surface area contributed by atoms with Crippen LogP contribution in [0.3, 0.4) is 0 Å². The van der Waals surface area contributed by atoms with Crippen molar-refractivity contribution in [1.29, 1.82) is 0 Å². The first-order valence-corrected chi connectivity index (χ1v) is 11.4. The van der Waals surface area contributed by atoms with Crippen LogP contribution in [-0.4, -0.2) is 31.3 Å². The van der Waals surface area contributed by atoms with Gasteiger partial charge in [-0.1, -0.05) is 58.9 Å². The first-order chi connectivity index (χ1) is 15.1. The van der Waals surface area contributed by atoms with Crippen LogP contribution in [0.15, 0.2) is 42.9 Å². The minimum absolute atomic E-state index is 0.264. The Morgan fingerprint density at radius 3 is 2.44 bits per heavy atom. The molecule has 32 heavy (non-hydrogen) atoms. The average molecular weight is 431 g/mol. The molecule has 4 aromatic rings. The normalized spacial score (nSPS) is 13.2. The van der Waals surface area contributed by atoms with Gasteiger partial charge in [-0.3, -0.25) is 5.10 Å². The van der Waals surface area contributed by atoms with E-state index in [1.165, 1.54) is 11.1 Å². The number of nitrogens with one attached hydrogen (secondary N) is 2. The van der Waals surface area contributed by atoms with Crippen molar-refractivity contribution >= 4 is 5.65 Å². The molecule has 0 saturated carbocycles. The van der Waals surface area contributed by atoms with Gasteiger partial charge >= 0.3 is 0 Å². The van der Waals surface area contributed by atoms with Crippen LogP contribution >= 0.6 is 0 Å². The van der Waals surface area contributed by atoms with Crippen molar-refractivity contribution in [3.05, 3.63) is 59.5 Å². The fraction of sp³-hybridized carbons (Fsp3) is 0.423. The van der Waals surface area contributed by atoms with Crippen LogP contribution in [0.2, 0.25) is 0 Å². The van der Waals surface area contributed by atoms with Crippen molar-refractivity contribution in [2.45, 2.75) is 60.4 Å². The number of nitrogens with zero attached hydrogens (tertiary/aromatic N) is 4. The van der Waals surface area contributed by atoms with Crippen molar-refractivity contribution in [3.63, 3.8) is 0 Å². The molecule has 3 aromatic heterocycles. The summed E-state index contributed by atoms with van der Waals surface area (Å²) in [7, 11) is 0. The molecule has 0 aliphatic rings. The van der Waals surface area contributed by atoms with Crippen LogP contribution in [0.25, 0.3) is 28.2 Å². The second-order valence-electron chi connectivity index (χ2n) is 10.2. The number of aromatic nitrogens is 5. The summed E-state index contributed by atoms with van der Waals surface area (Å²) in [5.41, 5.74) is 8.97. The van der Waals surface area contributed by atoms with Gasteiger partial charge < -0.3 is 5.32 Å². The second-order valence-corrected chi connectivity index (χ2v) is 10.2. The van der Waals surface area contributed by atoms with Crippen molar-refractivity contribution in [3.8, 4) is 22.5 Å². The Kier molecular flexibility index (Phi) is 5.91. The van der Waals surface area contributed by atoms with Crippen molar-refractivity contribution < 1.29 is 0 Å². The van der Waals surface area contributed by atoms with Gasteiger partial charge in [0, 0.05) is 29.9 Å². The zero-order valence-corrected chi connectivity index (χ0v) is 20.2. The van der Waals surface area contributed by atoms with E-state index < -0.39 is 0 Å². The van der Waals surface area contributed by atoms with Gasteiger partial charge in [0.1, 0.15) is 6.33 Å². The van der Waals surface area contributed by atoms with Crippen LogP contribution in [0.5, 0.6) is 0 Å². The van der Waals surface area contributed by atoms with E-state index in [1.807, 2.05) is 10.7 Å². The fourth-order valence-electron chi connectivity index (χ4n) is 4.09. The zero-order valence-electron chi connectivity index (χ0n) is 20.2. The molecule has 0 spiro atoms. The van der Waals surface area contributed by atoms with E-state index in [9.17, 15) is 0 Å². The molecule has 6 nitrogen and oxygen atoms in total. The highest BCUT2D eigenvalue weighted by atomic mass is 15.3. The number of H-pyrrole nitrogens is 1. The minimum Gasteiger partial charge on any atom is -0.310 e. The fourth-order valence-corrected chi connectivity index (χ4v) is 4.09. The Labute approximate surface area is 190 Å². The molecule has 0 aliphatic carbocycles. The molecule has 0 amide bonds. The van der Waals surface area contributed by atoms with Crippen LogP contribution < -0.4 is 5.32 Å². The third-order valence-corrected chi connectivity index (χ3v) is 5.85. The van der Waals surface area contributed by atoms with Crippen LogP contribution in [0, 0.1) is 12.3 Å². The summed E-state index contributed by atoms with van der Waals surface area (Å²) in [4.78, 5) is 4.33. The minimum atomic E-state index is 0.264. The summed E-state index contributed by atoms with van der Waals surface area (Å²) in [6.45, 7) is 16.4. The van der Waals surface area contributed by atoms with E-state index in [-0.39, 0.29) is 5.41 Å². The first-order valence-electron chi connectivity index (χ1n) is 11.4. The van der Waals surface area contributed by atoms with Gasteiger partial charge in [-0.25, -0.2) is 9.50 Å². The van der Waals surface area contributed by atoms with E-state index in [1.54, 1.807) is 6.33 Å². The molecule has 0 unspecified atom stereocenters. The van der Waals surface area contributed by atoms with Gasteiger partial charge in [-0.2, -0.15) is 10.2 Å². The highest BCUT2D eigenvalue weighted by Crippen LogP contribution is 2.36. The highest BCUT2D eigenvalue weighted by molar-refractivity contribution is 5.75. The number of fused-ring (bicyclic) bond motifs is 1. The molecule has 2 N–H and O–H groups in total. The van der Waals surface area contributed by atoms with E-state index in [2.05, 4.69) is 99.3 Å². The number of hydrogen-bond acceptors (Lipinski definition) is 4. The molecule has 168 valence electrons. The quantitative estimate of drug-likeness (QED) is 0.399. The Morgan fingerprint density at radius 2 is 1.78 bits per heavy atom. The Hall–Kier alpha value is -2.99. The summed E-state index contributed by atoms with van der Waals surface area (Å²) in [6, 6.07) is 11.3. The van der Waals surface area contributed by atoms with E-state index in [0.717, 1.165) is 40.3 Å². The lowest BCUT2D eigenvalue weighted by atomic mass is 9.93. The maximum Gasteiger partial charge on any atom is 0.158 e. The standard InChI is InChI=1S/C26H34N6/c1-16(2)22-23(20-10-8-19(9-11-20)18(4)27-14-26(5,6)7)30-31-24(22)21-12-17(3)25-28-15-29-32(25)13-21/h8-13,15-16,18,27H,14H2,1-7H3,(H,30,31)/t18-/m1/s1. The number of aryl methyl sites for hydroxylation is 1. The van der Waals surface area contributed by atoms with Crippen LogP contribution in [0.4, 0.5) is 0 Å². The zero-order chi connectivity index (χ0) is 23.0. The summed E-state index contributed by atoms with van der Waals surface area (Å²) >= 11 is 0. The molecule has 3 heterocycles. The molecule has 0 bridgehead atoms. The molecule has 0 fully saturated rings. The van der Waals surface area contributed by atoms with Gasteiger partial charge in [-0.15, -0.1) is 0 Å². The molecular formula is C26H34N6. The molecule has 0 saturated heterocycles. The lowest BCUT2D eigenvalue weighted by molar-refractivity contribution is 0.359. The smallest absolute Gasteiger partial charge is 0.158 e. The number of hydrogen-bond donors (Lipinski definition) is 2. The van der Waals surface area contributed by atoms with Crippen molar-refractivity contribution in [2.24, 2.45) is 5.41 Å². The third kappa shape index (κ3) is 4.46. The van der Waals surface area contributed by atoms with Crippen molar-refractivity contribution in [2.75, 3.05) is 6.54 Å². The Bertz CT molecular complexity index is 1210. The van der Waals surface area contributed by atoms with Crippen LogP contribution in [-0.2, 0) is 0 Å².